The molecule has 1 heterocycles. The van der Waals surface area contributed by atoms with Crippen molar-refractivity contribution in [1.29, 1.82) is 0 Å². The first-order valence-corrected chi connectivity index (χ1v) is 12.1. The van der Waals surface area contributed by atoms with E-state index in [-0.39, 0.29) is 17.3 Å². The molecule has 0 aliphatic heterocycles. The van der Waals surface area contributed by atoms with Crippen molar-refractivity contribution in [3.8, 4) is 5.69 Å². The first-order valence-electron chi connectivity index (χ1n) is 12.1. The minimum absolute atomic E-state index is 0.136. The summed E-state index contributed by atoms with van der Waals surface area (Å²) in [6.07, 6.45) is -5.03. The number of amides is 1. The van der Waals surface area contributed by atoms with Gasteiger partial charge in [0.15, 0.2) is 0 Å². The van der Waals surface area contributed by atoms with E-state index < -0.39 is 52.9 Å². The monoisotopic (exact) mass is 554 g/mol. The second-order valence-electron chi connectivity index (χ2n) is 9.38. The topological polar surface area (TPSA) is 77.2 Å². The highest BCUT2D eigenvalue weighted by molar-refractivity contribution is 5.91. The van der Waals surface area contributed by atoms with E-state index in [1.165, 1.54) is 11.9 Å². The molecule has 1 aliphatic carbocycles. The normalized spacial score (nSPS) is 14.8. The molecular formula is C26H24F6N4O3. The summed E-state index contributed by atoms with van der Waals surface area (Å²) in [4.78, 5) is 41.3. The summed E-state index contributed by atoms with van der Waals surface area (Å²) < 4.78 is 79.3. The van der Waals surface area contributed by atoms with E-state index in [2.05, 4.69) is 5.10 Å². The largest absolute Gasteiger partial charge is 0.416 e. The molecule has 1 amide bonds. The van der Waals surface area contributed by atoms with Crippen LogP contribution < -0.4 is 11.2 Å². The van der Waals surface area contributed by atoms with Crippen molar-refractivity contribution < 1.29 is 31.1 Å². The minimum Gasteiger partial charge on any atom is -0.337 e. The first-order chi connectivity index (χ1) is 18.3. The highest BCUT2D eigenvalue weighted by Crippen LogP contribution is 2.30. The molecule has 0 radical (unpaired) electrons. The van der Waals surface area contributed by atoms with Gasteiger partial charge >= 0.3 is 18.0 Å². The van der Waals surface area contributed by atoms with Crippen LogP contribution in [0.3, 0.4) is 0 Å². The van der Waals surface area contributed by atoms with Crippen LogP contribution in [0.25, 0.3) is 5.69 Å². The van der Waals surface area contributed by atoms with Gasteiger partial charge in [0.1, 0.15) is 0 Å². The maximum atomic E-state index is 13.4. The number of alkyl halides is 6. The van der Waals surface area contributed by atoms with E-state index in [0.717, 1.165) is 67.8 Å². The van der Waals surface area contributed by atoms with Crippen molar-refractivity contribution in [2.45, 2.75) is 57.0 Å². The molecule has 7 nitrogen and oxygen atoms in total. The fourth-order valence-corrected chi connectivity index (χ4v) is 4.53. The maximum absolute atomic E-state index is 13.4. The van der Waals surface area contributed by atoms with E-state index in [9.17, 15) is 40.7 Å². The lowest BCUT2D eigenvalue weighted by Crippen LogP contribution is -2.48. The molecule has 208 valence electrons. The fraction of sp³-hybridized carbons (Fsp3) is 0.385. The number of hydrogen-bond acceptors (Lipinski definition) is 4. The zero-order chi connectivity index (χ0) is 28.5. The van der Waals surface area contributed by atoms with Gasteiger partial charge in [0.05, 0.1) is 23.4 Å². The second-order valence-corrected chi connectivity index (χ2v) is 9.38. The lowest BCUT2D eigenvalue weighted by atomic mass is 9.94. The Bertz CT molecular complexity index is 1450. The summed E-state index contributed by atoms with van der Waals surface area (Å²) >= 11 is 0. The van der Waals surface area contributed by atoms with Gasteiger partial charge in [-0.1, -0.05) is 31.4 Å². The van der Waals surface area contributed by atoms with Crippen LogP contribution in [-0.2, 0) is 18.9 Å². The molecule has 0 N–H and O–H groups in total. The number of aromatic nitrogens is 3. The average molecular weight is 554 g/mol. The fourth-order valence-electron chi connectivity index (χ4n) is 4.53. The molecule has 4 rings (SSSR count). The Morgan fingerprint density at radius 2 is 1.38 bits per heavy atom. The molecule has 3 aromatic rings. The quantitative estimate of drug-likeness (QED) is 0.421. The van der Waals surface area contributed by atoms with Crippen molar-refractivity contribution in [1.82, 2.24) is 19.2 Å². The van der Waals surface area contributed by atoms with Gasteiger partial charge < -0.3 is 4.90 Å². The van der Waals surface area contributed by atoms with Gasteiger partial charge in [0, 0.05) is 13.1 Å². The van der Waals surface area contributed by atoms with E-state index in [1.807, 2.05) is 0 Å². The van der Waals surface area contributed by atoms with Crippen LogP contribution >= 0.6 is 0 Å². The lowest BCUT2D eigenvalue weighted by Gasteiger charge is -2.30. The summed E-state index contributed by atoms with van der Waals surface area (Å²) in [5.41, 5.74) is -4.65. The SMILES string of the molecule is CN(C(=O)c1nn(-c2ccc(C(F)(F)F)cc2)c(=O)n(Cc2ccc(C(F)(F)F)cc2)c1=O)C1CCCCC1. The van der Waals surface area contributed by atoms with E-state index in [0.29, 0.717) is 22.1 Å². The Labute approximate surface area is 218 Å². The predicted molar refractivity (Wildman–Crippen MR) is 129 cm³/mol. The van der Waals surface area contributed by atoms with Gasteiger partial charge in [-0.15, -0.1) is 0 Å². The zero-order valence-electron chi connectivity index (χ0n) is 20.7. The van der Waals surface area contributed by atoms with Gasteiger partial charge in [0.2, 0.25) is 5.69 Å². The standard InChI is InChI=1S/C26H24F6N4O3/c1-34(19-5-3-2-4-6-19)22(37)21-23(38)35(15-16-7-9-17(10-8-16)25(27,28)29)24(39)36(33-21)20-13-11-18(12-14-20)26(30,31)32/h7-14,19H,2-6,15H2,1H3. The Morgan fingerprint density at radius 1 is 0.872 bits per heavy atom. The molecule has 1 fully saturated rings. The molecule has 0 atom stereocenters. The molecule has 2 aromatic carbocycles. The smallest absolute Gasteiger partial charge is 0.337 e. The van der Waals surface area contributed by atoms with Crippen molar-refractivity contribution in [2.24, 2.45) is 0 Å². The number of halogens is 6. The number of nitrogens with zero attached hydrogens (tertiary/aromatic N) is 4. The van der Waals surface area contributed by atoms with Crippen molar-refractivity contribution in [3.05, 3.63) is 91.8 Å². The Kier molecular flexibility index (Phi) is 7.71. The molecular weight excluding hydrogens is 530 g/mol. The third-order valence-corrected chi connectivity index (χ3v) is 6.77. The van der Waals surface area contributed by atoms with Gasteiger partial charge in [-0.05, 0) is 54.8 Å². The van der Waals surface area contributed by atoms with Gasteiger partial charge in [-0.25, -0.2) is 4.79 Å². The molecule has 0 saturated heterocycles. The van der Waals surface area contributed by atoms with Crippen LogP contribution in [-0.4, -0.2) is 38.2 Å². The maximum Gasteiger partial charge on any atom is 0.416 e. The minimum atomic E-state index is -4.64. The average Bonchev–Trinajstić information content (AvgIpc) is 2.90. The van der Waals surface area contributed by atoms with E-state index >= 15 is 0 Å². The van der Waals surface area contributed by atoms with Gasteiger partial charge in [0.25, 0.3) is 11.5 Å². The highest BCUT2D eigenvalue weighted by Gasteiger charge is 2.32. The molecule has 0 unspecified atom stereocenters. The van der Waals surface area contributed by atoms with E-state index in [1.54, 1.807) is 0 Å². The van der Waals surface area contributed by atoms with Crippen molar-refractivity contribution in [2.75, 3.05) is 7.05 Å². The van der Waals surface area contributed by atoms with Crippen molar-refractivity contribution >= 4 is 5.91 Å². The van der Waals surface area contributed by atoms with Crippen LogP contribution in [0.1, 0.15) is 59.3 Å². The highest BCUT2D eigenvalue weighted by atomic mass is 19.4. The Morgan fingerprint density at radius 3 is 1.90 bits per heavy atom. The lowest BCUT2D eigenvalue weighted by molar-refractivity contribution is -0.138. The number of rotatable bonds is 5. The number of benzene rings is 2. The molecule has 1 aliphatic rings. The predicted octanol–water partition coefficient (Wildman–Crippen LogP) is 4.88. The van der Waals surface area contributed by atoms with Crippen LogP contribution in [0.5, 0.6) is 0 Å². The zero-order valence-corrected chi connectivity index (χ0v) is 20.7. The number of carbonyl (C=O) groups is 1. The van der Waals surface area contributed by atoms with Crippen LogP contribution in [0, 0.1) is 0 Å². The molecule has 1 saturated carbocycles. The molecule has 13 heteroatoms. The molecule has 1 aromatic heterocycles. The molecule has 39 heavy (non-hydrogen) atoms. The Hall–Kier alpha value is -3.90. The molecule has 0 bridgehead atoms. The third kappa shape index (κ3) is 6.07. The van der Waals surface area contributed by atoms with Crippen molar-refractivity contribution in [3.63, 3.8) is 0 Å². The summed E-state index contributed by atoms with van der Waals surface area (Å²) in [7, 11) is 1.51. The number of hydrogen-bond donors (Lipinski definition) is 0. The second kappa shape index (κ2) is 10.7. The van der Waals surface area contributed by atoms with Crippen LogP contribution in [0.15, 0.2) is 58.1 Å². The van der Waals surface area contributed by atoms with Gasteiger partial charge in [-0.3, -0.25) is 14.2 Å². The summed E-state index contributed by atoms with van der Waals surface area (Å²) in [6, 6.07) is 7.00. The summed E-state index contributed by atoms with van der Waals surface area (Å²) in [5.74, 6) is -0.770. The number of carbonyl (C=O) groups excluding carboxylic acids is 1. The van der Waals surface area contributed by atoms with Crippen LogP contribution in [0.4, 0.5) is 26.3 Å². The Balaban J connectivity index is 1.81. The van der Waals surface area contributed by atoms with Gasteiger partial charge in [-0.2, -0.15) is 36.1 Å². The first kappa shape index (κ1) is 28.1. The summed E-state index contributed by atoms with van der Waals surface area (Å²) in [5, 5.41) is 3.95. The third-order valence-electron chi connectivity index (χ3n) is 6.77. The summed E-state index contributed by atoms with van der Waals surface area (Å²) in [6.45, 7) is -0.494. The van der Waals surface area contributed by atoms with E-state index in [4.69, 9.17) is 0 Å². The van der Waals surface area contributed by atoms with Crippen LogP contribution in [0.2, 0.25) is 0 Å². The molecule has 0 spiro atoms.